The number of benzene rings is 1. The van der Waals surface area contributed by atoms with Gasteiger partial charge in [0.1, 0.15) is 6.10 Å². The highest BCUT2D eigenvalue weighted by molar-refractivity contribution is 6.34. The van der Waals surface area contributed by atoms with E-state index in [2.05, 4.69) is 5.32 Å². The Morgan fingerprint density at radius 3 is 2.88 bits per heavy atom. The second-order valence-electron chi connectivity index (χ2n) is 3.51. The van der Waals surface area contributed by atoms with Crippen molar-refractivity contribution in [3.63, 3.8) is 0 Å². The van der Waals surface area contributed by atoms with Gasteiger partial charge in [-0.2, -0.15) is 0 Å². The van der Waals surface area contributed by atoms with Gasteiger partial charge in [0.15, 0.2) is 0 Å². The maximum atomic E-state index is 11.2. The monoisotopic (exact) mass is 221 g/mol. The van der Waals surface area contributed by atoms with Crippen LogP contribution in [0.1, 0.15) is 5.56 Å². The molecule has 0 spiro atoms. The van der Waals surface area contributed by atoms with Crippen molar-refractivity contribution in [1.82, 2.24) is 0 Å². The van der Waals surface area contributed by atoms with E-state index < -0.39 is 17.9 Å². The minimum Gasteiger partial charge on any atom is -0.475 e. The average Bonchev–Trinajstić information content (AvgIpc) is 2.50. The van der Waals surface area contributed by atoms with Crippen LogP contribution in [0.3, 0.4) is 0 Å². The SMILES string of the molecule is O=C(O)C(=O)C1CNc2ccccc2CO1. The average molecular weight is 221 g/mol. The fourth-order valence-corrected chi connectivity index (χ4v) is 1.58. The summed E-state index contributed by atoms with van der Waals surface area (Å²) in [6, 6.07) is 7.47. The van der Waals surface area contributed by atoms with Gasteiger partial charge in [0.05, 0.1) is 6.61 Å². The zero-order valence-corrected chi connectivity index (χ0v) is 8.47. The van der Waals surface area contributed by atoms with Crippen LogP contribution in [0.25, 0.3) is 0 Å². The first kappa shape index (κ1) is 10.6. The molecule has 84 valence electrons. The molecule has 2 rings (SSSR count). The molecule has 0 bridgehead atoms. The fraction of sp³-hybridized carbons (Fsp3) is 0.273. The number of ether oxygens (including phenoxy) is 1. The number of rotatable bonds is 2. The molecule has 0 aromatic heterocycles. The Morgan fingerprint density at radius 1 is 1.38 bits per heavy atom. The van der Waals surface area contributed by atoms with Crippen molar-refractivity contribution in [2.45, 2.75) is 12.7 Å². The lowest BCUT2D eigenvalue weighted by Gasteiger charge is -2.10. The molecule has 1 aromatic rings. The van der Waals surface area contributed by atoms with Gasteiger partial charge in [-0.1, -0.05) is 18.2 Å². The third-order valence-corrected chi connectivity index (χ3v) is 2.44. The standard InChI is InChI=1S/C11H11NO4/c13-10(11(14)15)9-5-12-8-4-2-1-3-7(8)6-16-9/h1-4,9,12H,5-6H2,(H,14,15). The molecule has 1 aliphatic heterocycles. The molecular weight excluding hydrogens is 210 g/mol. The summed E-state index contributed by atoms with van der Waals surface area (Å²) in [4.78, 5) is 21.8. The van der Waals surface area contributed by atoms with Crippen LogP contribution in [0, 0.1) is 0 Å². The van der Waals surface area contributed by atoms with Gasteiger partial charge in [-0.05, 0) is 6.07 Å². The Kier molecular flexibility index (Phi) is 2.87. The molecule has 5 nitrogen and oxygen atoms in total. The van der Waals surface area contributed by atoms with Gasteiger partial charge in [0.2, 0.25) is 0 Å². The first-order valence-corrected chi connectivity index (χ1v) is 4.89. The zero-order valence-electron chi connectivity index (χ0n) is 8.47. The summed E-state index contributed by atoms with van der Waals surface area (Å²) < 4.78 is 5.26. The first-order chi connectivity index (χ1) is 7.68. The number of fused-ring (bicyclic) bond motifs is 1. The quantitative estimate of drug-likeness (QED) is 0.717. The van der Waals surface area contributed by atoms with Crippen LogP contribution >= 0.6 is 0 Å². The van der Waals surface area contributed by atoms with Crippen LogP contribution in [0.15, 0.2) is 24.3 Å². The van der Waals surface area contributed by atoms with E-state index in [1.807, 2.05) is 24.3 Å². The van der Waals surface area contributed by atoms with Crippen LogP contribution in [-0.2, 0) is 20.9 Å². The normalized spacial score (nSPS) is 19.1. The second kappa shape index (κ2) is 4.32. The fourth-order valence-electron chi connectivity index (χ4n) is 1.58. The van der Waals surface area contributed by atoms with E-state index in [1.54, 1.807) is 0 Å². The van der Waals surface area contributed by atoms with Gasteiger partial charge in [-0.25, -0.2) is 4.79 Å². The highest BCUT2D eigenvalue weighted by atomic mass is 16.5. The molecule has 0 saturated carbocycles. The van der Waals surface area contributed by atoms with Gasteiger partial charge in [0, 0.05) is 17.8 Å². The topological polar surface area (TPSA) is 75.6 Å². The van der Waals surface area contributed by atoms with Crippen molar-refractivity contribution < 1.29 is 19.4 Å². The van der Waals surface area contributed by atoms with E-state index in [0.717, 1.165) is 11.3 Å². The van der Waals surface area contributed by atoms with Crippen molar-refractivity contribution in [1.29, 1.82) is 0 Å². The minimum atomic E-state index is -1.46. The van der Waals surface area contributed by atoms with E-state index >= 15 is 0 Å². The number of anilines is 1. The van der Waals surface area contributed by atoms with Crippen molar-refractivity contribution in [2.75, 3.05) is 11.9 Å². The molecule has 1 aliphatic rings. The van der Waals surface area contributed by atoms with E-state index in [-0.39, 0.29) is 13.2 Å². The number of carbonyl (C=O) groups excluding carboxylic acids is 1. The number of nitrogens with one attached hydrogen (secondary N) is 1. The van der Waals surface area contributed by atoms with E-state index in [9.17, 15) is 9.59 Å². The number of ketones is 1. The number of carbonyl (C=O) groups is 2. The lowest BCUT2D eigenvalue weighted by atomic mass is 10.2. The lowest BCUT2D eigenvalue weighted by molar-refractivity contribution is -0.154. The Hall–Kier alpha value is -1.88. The van der Waals surface area contributed by atoms with Crippen molar-refractivity contribution in [3.05, 3.63) is 29.8 Å². The molecule has 0 saturated heterocycles. The molecule has 1 heterocycles. The molecule has 16 heavy (non-hydrogen) atoms. The number of carboxylic acid groups (broad SMARTS) is 1. The number of carboxylic acids is 1. The minimum absolute atomic E-state index is 0.183. The molecular formula is C11H11NO4. The summed E-state index contributed by atoms with van der Waals surface area (Å²) in [6.07, 6.45) is -0.926. The predicted octanol–water partition coefficient (Wildman–Crippen LogP) is 0.651. The van der Waals surface area contributed by atoms with Crippen LogP contribution in [0.4, 0.5) is 5.69 Å². The van der Waals surface area contributed by atoms with Gasteiger partial charge in [-0.3, -0.25) is 4.79 Å². The number of hydrogen-bond acceptors (Lipinski definition) is 4. The molecule has 1 aromatic carbocycles. The van der Waals surface area contributed by atoms with Gasteiger partial charge >= 0.3 is 5.97 Å². The zero-order chi connectivity index (χ0) is 11.5. The van der Waals surface area contributed by atoms with Crippen molar-refractivity contribution in [2.24, 2.45) is 0 Å². The summed E-state index contributed by atoms with van der Waals surface area (Å²) >= 11 is 0. The molecule has 1 atom stereocenters. The van der Waals surface area contributed by atoms with Crippen LogP contribution in [0.2, 0.25) is 0 Å². The number of para-hydroxylation sites is 1. The van der Waals surface area contributed by atoms with E-state index in [1.165, 1.54) is 0 Å². The Bertz CT molecular complexity index is 403. The summed E-state index contributed by atoms with van der Waals surface area (Å²) in [5.41, 5.74) is 1.80. The molecule has 0 amide bonds. The molecule has 1 unspecified atom stereocenters. The number of hydrogen-bond donors (Lipinski definition) is 2. The summed E-state index contributed by atoms with van der Waals surface area (Å²) in [5.74, 6) is -2.38. The highest BCUT2D eigenvalue weighted by Crippen LogP contribution is 2.20. The molecule has 0 fully saturated rings. The first-order valence-electron chi connectivity index (χ1n) is 4.89. The van der Waals surface area contributed by atoms with Crippen LogP contribution < -0.4 is 5.32 Å². The Balaban J connectivity index is 2.13. The lowest BCUT2D eigenvalue weighted by Crippen LogP contribution is -2.35. The van der Waals surface area contributed by atoms with Crippen molar-refractivity contribution >= 4 is 17.4 Å². The summed E-state index contributed by atoms with van der Waals surface area (Å²) in [7, 11) is 0. The largest absolute Gasteiger partial charge is 0.475 e. The maximum absolute atomic E-state index is 11.2. The smallest absolute Gasteiger partial charge is 0.375 e. The third-order valence-electron chi connectivity index (χ3n) is 2.44. The predicted molar refractivity (Wildman–Crippen MR) is 56.2 cm³/mol. The number of aliphatic carboxylic acids is 1. The van der Waals surface area contributed by atoms with E-state index in [4.69, 9.17) is 9.84 Å². The molecule has 2 N–H and O–H groups in total. The molecule has 5 heteroatoms. The molecule has 0 aliphatic carbocycles. The van der Waals surface area contributed by atoms with Crippen LogP contribution in [-0.4, -0.2) is 29.5 Å². The van der Waals surface area contributed by atoms with Gasteiger partial charge < -0.3 is 15.2 Å². The summed E-state index contributed by atoms with van der Waals surface area (Å²) in [5, 5.41) is 11.6. The molecule has 0 radical (unpaired) electrons. The Labute approximate surface area is 92.0 Å². The van der Waals surface area contributed by atoms with Crippen LogP contribution in [0.5, 0.6) is 0 Å². The third kappa shape index (κ3) is 2.04. The summed E-state index contributed by atoms with van der Waals surface area (Å²) in [6.45, 7) is 0.426. The Morgan fingerprint density at radius 2 is 2.12 bits per heavy atom. The van der Waals surface area contributed by atoms with Gasteiger partial charge in [-0.15, -0.1) is 0 Å². The highest BCUT2D eigenvalue weighted by Gasteiger charge is 2.27. The van der Waals surface area contributed by atoms with E-state index in [0.29, 0.717) is 0 Å². The maximum Gasteiger partial charge on any atom is 0.375 e. The van der Waals surface area contributed by atoms with Gasteiger partial charge in [0.25, 0.3) is 5.78 Å². The van der Waals surface area contributed by atoms with Crippen molar-refractivity contribution in [3.8, 4) is 0 Å². The second-order valence-corrected chi connectivity index (χ2v) is 3.51. The number of Topliss-reactive ketones (excluding diaryl/α,β-unsaturated/α-hetero) is 1.